The highest BCUT2D eigenvalue weighted by Gasteiger charge is 2.51. The van der Waals surface area contributed by atoms with E-state index in [1.54, 1.807) is 0 Å². The van der Waals surface area contributed by atoms with Crippen LogP contribution in [0, 0.1) is 0 Å². The molecule has 10 aromatic carbocycles. The van der Waals surface area contributed by atoms with Gasteiger partial charge in [-0.15, -0.1) is 0 Å². The predicted molar refractivity (Wildman–Crippen MR) is 275 cm³/mol. The zero-order valence-corrected chi connectivity index (χ0v) is 37.0. The van der Waals surface area contributed by atoms with Crippen LogP contribution < -0.4 is 9.80 Å². The molecule has 2 nitrogen and oxygen atoms in total. The summed E-state index contributed by atoms with van der Waals surface area (Å²) in [6, 6.07) is 90.0. The van der Waals surface area contributed by atoms with Crippen LogP contribution in [-0.4, -0.2) is 0 Å². The quantitative estimate of drug-likeness (QED) is 0.165. The van der Waals surface area contributed by atoms with E-state index >= 15 is 0 Å². The first kappa shape index (κ1) is 38.3. The first-order valence-corrected chi connectivity index (χ1v) is 23.1. The molecule has 1 spiro atoms. The summed E-state index contributed by atoms with van der Waals surface area (Å²) >= 11 is 0. The maximum absolute atomic E-state index is 2.50. The number of rotatable bonds is 6. The molecule has 0 amide bonds. The Labute approximate surface area is 387 Å². The molecule has 0 saturated carbocycles. The summed E-state index contributed by atoms with van der Waals surface area (Å²) in [7, 11) is 0. The van der Waals surface area contributed by atoms with E-state index in [-0.39, 0.29) is 5.41 Å². The Kier molecular flexibility index (Phi) is 8.51. The first-order chi connectivity index (χ1) is 32.5. The van der Waals surface area contributed by atoms with Gasteiger partial charge in [0.2, 0.25) is 0 Å². The molecule has 0 aromatic heterocycles. The number of fused-ring (bicyclic) bond motifs is 12. The third kappa shape index (κ3) is 5.48. The molecular formula is C64H46N2. The summed E-state index contributed by atoms with van der Waals surface area (Å²) < 4.78 is 0. The molecule has 0 bridgehead atoms. The van der Waals surface area contributed by atoms with Gasteiger partial charge in [-0.25, -0.2) is 0 Å². The molecule has 312 valence electrons. The Bertz CT molecular complexity index is 3460. The number of anilines is 6. The van der Waals surface area contributed by atoms with E-state index in [1.807, 2.05) is 0 Å². The number of hydrogen-bond donors (Lipinski definition) is 0. The Morgan fingerprint density at radius 3 is 1.50 bits per heavy atom. The molecule has 66 heavy (non-hydrogen) atoms. The average molecular weight is 843 g/mol. The monoisotopic (exact) mass is 842 g/mol. The van der Waals surface area contributed by atoms with Crippen LogP contribution in [0.4, 0.5) is 34.1 Å². The zero-order chi connectivity index (χ0) is 44.0. The largest absolute Gasteiger partial charge is 0.310 e. The van der Waals surface area contributed by atoms with Crippen molar-refractivity contribution in [2.45, 2.75) is 24.7 Å². The Hall–Kier alpha value is -8.20. The lowest BCUT2D eigenvalue weighted by atomic mass is 9.64. The normalized spacial score (nSPS) is 14.1. The topological polar surface area (TPSA) is 6.48 Å². The molecule has 13 rings (SSSR count). The minimum Gasteiger partial charge on any atom is -0.310 e. The third-order valence-corrected chi connectivity index (χ3v) is 14.7. The number of para-hydroxylation sites is 5. The Morgan fingerprint density at radius 2 is 0.803 bits per heavy atom. The van der Waals surface area contributed by atoms with Crippen LogP contribution in [0.25, 0.3) is 44.5 Å². The summed E-state index contributed by atoms with van der Waals surface area (Å²) in [4.78, 5) is 4.87. The Balaban J connectivity index is 0.964. The highest BCUT2D eigenvalue weighted by molar-refractivity contribution is 5.98. The van der Waals surface area contributed by atoms with Gasteiger partial charge in [0, 0.05) is 28.0 Å². The van der Waals surface area contributed by atoms with E-state index in [1.165, 1.54) is 89.3 Å². The van der Waals surface area contributed by atoms with Gasteiger partial charge >= 0.3 is 0 Å². The molecule has 1 heterocycles. The van der Waals surface area contributed by atoms with Crippen molar-refractivity contribution in [3.8, 4) is 44.5 Å². The molecule has 0 fully saturated rings. The first-order valence-electron chi connectivity index (χ1n) is 23.1. The summed E-state index contributed by atoms with van der Waals surface area (Å²) in [5.74, 6) is 0. The number of benzene rings is 10. The summed E-state index contributed by atoms with van der Waals surface area (Å²) in [6.45, 7) is 4.69. The molecule has 0 saturated heterocycles. The average Bonchev–Trinajstić information content (AvgIpc) is 3.80. The van der Waals surface area contributed by atoms with Crippen molar-refractivity contribution in [3.63, 3.8) is 0 Å². The molecule has 0 unspecified atom stereocenters. The van der Waals surface area contributed by atoms with E-state index in [9.17, 15) is 0 Å². The fourth-order valence-electron chi connectivity index (χ4n) is 11.7. The SMILES string of the molecule is CC1(C)c2ccccc2-c2cc(-c3ccc(N(c4ccccc4)c4ccccc4-c4ccc5c(c4)C4(c6ccccc6-5)c5ccccc5N(c5ccccc5)c5ccccc54)cc3)ccc21. The van der Waals surface area contributed by atoms with Crippen molar-refractivity contribution >= 4 is 34.1 Å². The lowest BCUT2D eigenvalue weighted by Crippen LogP contribution is -2.36. The number of nitrogens with zero attached hydrogens (tertiary/aromatic N) is 2. The van der Waals surface area contributed by atoms with E-state index in [0.29, 0.717) is 0 Å². The van der Waals surface area contributed by atoms with Crippen molar-refractivity contribution in [1.82, 2.24) is 0 Å². The van der Waals surface area contributed by atoms with Crippen LogP contribution in [0.1, 0.15) is 47.2 Å². The van der Waals surface area contributed by atoms with Crippen LogP contribution in [0.5, 0.6) is 0 Å². The van der Waals surface area contributed by atoms with Crippen LogP contribution in [0.2, 0.25) is 0 Å². The molecule has 0 N–H and O–H groups in total. The summed E-state index contributed by atoms with van der Waals surface area (Å²) in [5, 5.41) is 0. The molecule has 0 radical (unpaired) electrons. The van der Waals surface area contributed by atoms with Crippen LogP contribution in [-0.2, 0) is 10.8 Å². The molecule has 1 aliphatic heterocycles. The van der Waals surface area contributed by atoms with Gasteiger partial charge in [0.15, 0.2) is 0 Å². The minimum absolute atomic E-state index is 0.0176. The summed E-state index contributed by atoms with van der Waals surface area (Å²) in [6.07, 6.45) is 0. The molecule has 2 aliphatic carbocycles. The maximum Gasteiger partial charge on any atom is 0.0754 e. The van der Waals surface area contributed by atoms with Crippen molar-refractivity contribution in [2.75, 3.05) is 9.80 Å². The third-order valence-electron chi connectivity index (χ3n) is 14.7. The second-order valence-corrected chi connectivity index (χ2v) is 18.4. The lowest BCUT2D eigenvalue weighted by Gasteiger charge is -2.45. The predicted octanol–water partition coefficient (Wildman–Crippen LogP) is 16.9. The van der Waals surface area contributed by atoms with Gasteiger partial charge in [0.1, 0.15) is 0 Å². The van der Waals surface area contributed by atoms with Crippen molar-refractivity contribution < 1.29 is 0 Å². The highest BCUT2D eigenvalue weighted by atomic mass is 15.2. The minimum atomic E-state index is -0.542. The summed E-state index contributed by atoms with van der Waals surface area (Å²) in [5.41, 5.74) is 24.3. The van der Waals surface area contributed by atoms with Crippen molar-refractivity contribution in [2.24, 2.45) is 0 Å². The van der Waals surface area contributed by atoms with Gasteiger partial charge in [-0.2, -0.15) is 0 Å². The van der Waals surface area contributed by atoms with Gasteiger partial charge in [-0.1, -0.05) is 190 Å². The van der Waals surface area contributed by atoms with Crippen LogP contribution in [0.3, 0.4) is 0 Å². The van der Waals surface area contributed by atoms with Gasteiger partial charge in [-0.3, -0.25) is 0 Å². The van der Waals surface area contributed by atoms with Crippen LogP contribution >= 0.6 is 0 Å². The van der Waals surface area contributed by atoms with E-state index in [4.69, 9.17) is 0 Å². The molecule has 10 aromatic rings. The lowest BCUT2D eigenvalue weighted by molar-refractivity contribution is 0.660. The highest BCUT2D eigenvalue weighted by Crippen LogP contribution is 2.64. The van der Waals surface area contributed by atoms with Crippen molar-refractivity contribution in [1.29, 1.82) is 0 Å². The molecule has 2 heteroatoms. The standard InChI is InChI=1S/C64H46N2/c1-63(2)54-26-12-9-25-51(54)53-41-44(36-40-55(53)63)43-33-37-48(38-34-43)65(46-19-5-3-6-20-46)60-30-16-11-23-49(60)45-35-39-52-50-24-10-13-27-56(50)64(59(52)42-45)57-28-14-17-31-61(57)66(47-21-7-4-8-22-47)62-32-18-15-29-58(62)64/h3-42H,1-2H3. The van der Waals surface area contributed by atoms with E-state index in [2.05, 4.69) is 266 Å². The van der Waals surface area contributed by atoms with Gasteiger partial charge in [-0.05, 0) is 139 Å². The molecular weight excluding hydrogens is 797 g/mol. The molecule has 3 aliphatic rings. The van der Waals surface area contributed by atoms with Crippen molar-refractivity contribution in [3.05, 3.63) is 276 Å². The Morgan fingerprint density at radius 1 is 0.318 bits per heavy atom. The zero-order valence-electron chi connectivity index (χ0n) is 37.0. The fourth-order valence-corrected chi connectivity index (χ4v) is 11.7. The second kappa shape index (κ2) is 14.7. The second-order valence-electron chi connectivity index (χ2n) is 18.4. The van der Waals surface area contributed by atoms with E-state index in [0.717, 1.165) is 22.7 Å². The van der Waals surface area contributed by atoms with Crippen LogP contribution in [0.15, 0.2) is 243 Å². The van der Waals surface area contributed by atoms with Gasteiger partial charge in [0.05, 0.1) is 22.5 Å². The molecule has 0 atom stereocenters. The van der Waals surface area contributed by atoms with Gasteiger partial charge in [0.25, 0.3) is 0 Å². The fraction of sp³-hybridized carbons (Fsp3) is 0.0625. The maximum atomic E-state index is 2.50. The van der Waals surface area contributed by atoms with Gasteiger partial charge < -0.3 is 9.80 Å². The smallest absolute Gasteiger partial charge is 0.0754 e. The van der Waals surface area contributed by atoms with E-state index < -0.39 is 5.41 Å². The number of hydrogen-bond acceptors (Lipinski definition) is 2.